The molecular formula is C17H23NO3. The second-order valence-electron chi connectivity index (χ2n) is 6.08. The minimum atomic E-state index is -0.960. The lowest BCUT2D eigenvalue weighted by atomic mass is 9.98. The molecular weight excluding hydrogens is 266 g/mol. The van der Waals surface area contributed by atoms with E-state index in [2.05, 4.69) is 6.92 Å². The first-order valence-corrected chi connectivity index (χ1v) is 7.25. The Bertz CT molecular complexity index is 652. The van der Waals surface area contributed by atoms with Gasteiger partial charge in [-0.05, 0) is 44.9 Å². The minimum Gasteiger partial charge on any atom is -0.463 e. The second-order valence-corrected chi connectivity index (χ2v) is 6.08. The Hall–Kier alpha value is -1.81. The van der Waals surface area contributed by atoms with Gasteiger partial charge in [0.2, 0.25) is 0 Å². The quantitative estimate of drug-likeness (QED) is 0.940. The number of benzene rings is 1. The summed E-state index contributed by atoms with van der Waals surface area (Å²) in [6.45, 7) is 7.30. The summed E-state index contributed by atoms with van der Waals surface area (Å²) in [7, 11) is 1.70. The van der Waals surface area contributed by atoms with Crippen molar-refractivity contribution in [1.29, 1.82) is 0 Å². The van der Waals surface area contributed by atoms with Crippen LogP contribution in [0.3, 0.4) is 0 Å². The number of hydrogen-bond acceptors (Lipinski definition) is 3. The lowest BCUT2D eigenvalue weighted by Crippen LogP contribution is -2.48. The maximum absolute atomic E-state index is 12.7. The largest absolute Gasteiger partial charge is 0.463 e. The van der Waals surface area contributed by atoms with Crippen LogP contribution in [-0.2, 0) is 6.42 Å². The number of carbonyl (C=O) groups excluding carboxylic acids is 1. The van der Waals surface area contributed by atoms with E-state index in [1.54, 1.807) is 25.8 Å². The molecule has 1 atom stereocenters. The van der Waals surface area contributed by atoms with Crippen LogP contribution >= 0.6 is 0 Å². The zero-order valence-corrected chi connectivity index (χ0v) is 13.3. The fourth-order valence-electron chi connectivity index (χ4n) is 2.30. The van der Waals surface area contributed by atoms with E-state index < -0.39 is 5.60 Å². The molecule has 0 radical (unpaired) electrons. The van der Waals surface area contributed by atoms with Crippen molar-refractivity contribution < 1.29 is 14.3 Å². The first-order valence-electron chi connectivity index (χ1n) is 7.25. The standard InChI is InChI=1S/C17H23NO3/c1-6-12-7-8-15-13(9-12)14(10-21-15)16(19)18(5)11(2)17(3,4)20/h7-11,20H,6H2,1-5H3/t11-/m1/s1. The van der Waals surface area contributed by atoms with Crippen LogP contribution < -0.4 is 0 Å². The average Bonchev–Trinajstić information content (AvgIpc) is 2.86. The molecule has 114 valence electrons. The molecule has 0 spiro atoms. The first-order chi connectivity index (χ1) is 9.75. The molecule has 2 aromatic rings. The number of furan rings is 1. The number of carbonyl (C=O) groups is 1. The molecule has 0 aliphatic rings. The number of amides is 1. The highest BCUT2D eigenvalue weighted by Gasteiger charge is 2.30. The molecule has 4 heteroatoms. The molecule has 0 aliphatic heterocycles. The number of aliphatic hydroxyl groups is 1. The smallest absolute Gasteiger partial charge is 0.257 e. The van der Waals surface area contributed by atoms with Crippen molar-refractivity contribution in [1.82, 2.24) is 4.90 Å². The predicted molar refractivity (Wildman–Crippen MR) is 83.4 cm³/mol. The highest BCUT2D eigenvalue weighted by molar-refractivity contribution is 6.06. The van der Waals surface area contributed by atoms with Gasteiger partial charge in [0.25, 0.3) is 5.91 Å². The molecule has 0 bridgehead atoms. The number of hydrogen-bond donors (Lipinski definition) is 1. The van der Waals surface area contributed by atoms with E-state index in [0.717, 1.165) is 17.4 Å². The van der Waals surface area contributed by atoms with E-state index in [-0.39, 0.29) is 11.9 Å². The molecule has 0 unspecified atom stereocenters. The van der Waals surface area contributed by atoms with Crippen molar-refractivity contribution in [3.8, 4) is 0 Å². The third-order valence-electron chi connectivity index (χ3n) is 4.20. The number of fused-ring (bicyclic) bond motifs is 1. The lowest BCUT2D eigenvalue weighted by molar-refractivity contribution is 0.000589. The van der Waals surface area contributed by atoms with Crippen LogP contribution in [-0.4, -0.2) is 34.6 Å². The van der Waals surface area contributed by atoms with Crippen LogP contribution in [0.25, 0.3) is 11.0 Å². The van der Waals surface area contributed by atoms with Crippen molar-refractivity contribution in [2.45, 2.75) is 45.8 Å². The SMILES string of the molecule is CCc1ccc2occ(C(=O)N(C)[C@H](C)C(C)(C)O)c2c1. The van der Waals surface area contributed by atoms with Gasteiger partial charge in [-0.25, -0.2) is 0 Å². The van der Waals surface area contributed by atoms with Crippen molar-refractivity contribution in [2.24, 2.45) is 0 Å². The van der Waals surface area contributed by atoms with E-state index in [1.165, 1.54) is 6.26 Å². The van der Waals surface area contributed by atoms with Crippen LogP contribution in [0.1, 0.15) is 43.6 Å². The molecule has 0 aliphatic carbocycles. The Kier molecular flexibility index (Phi) is 4.10. The highest BCUT2D eigenvalue weighted by atomic mass is 16.3. The van der Waals surface area contributed by atoms with Gasteiger partial charge in [0.15, 0.2) is 0 Å². The van der Waals surface area contributed by atoms with Gasteiger partial charge < -0.3 is 14.4 Å². The third kappa shape index (κ3) is 2.95. The zero-order chi connectivity index (χ0) is 15.8. The number of rotatable bonds is 4. The average molecular weight is 289 g/mol. The predicted octanol–water partition coefficient (Wildman–Crippen LogP) is 3.23. The normalized spacial score (nSPS) is 13.4. The number of nitrogens with zero attached hydrogens (tertiary/aromatic N) is 1. The zero-order valence-electron chi connectivity index (χ0n) is 13.3. The number of likely N-dealkylation sites (N-methyl/N-ethyl adjacent to an activating group) is 1. The Morgan fingerprint density at radius 2 is 2.10 bits per heavy atom. The van der Waals surface area contributed by atoms with Gasteiger partial charge in [0.1, 0.15) is 11.8 Å². The van der Waals surface area contributed by atoms with Gasteiger partial charge in [-0.2, -0.15) is 0 Å². The van der Waals surface area contributed by atoms with Gasteiger partial charge in [0, 0.05) is 12.4 Å². The maximum Gasteiger partial charge on any atom is 0.257 e. The summed E-state index contributed by atoms with van der Waals surface area (Å²) in [4.78, 5) is 14.2. The van der Waals surface area contributed by atoms with Gasteiger partial charge in [-0.1, -0.05) is 13.0 Å². The summed E-state index contributed by atoms with van der Waals surface area (Å²) < 4.78 is 5.48. The molecule has 1 N–H and O–H groups in total. The van der Waals surface area contributed by atoms with E-state index >= 15 is 0 Å². The summed E-state index contributed by atoms with van der Waals surface area (Å²) in [6.07, 6.45) is 2.41. The van der Waals surface area contributed by atoms with Crippen molar-refractivity contribution in [2.75, 3.05) is 7.05 Å². The van der Waals surface area contributed by atoms with Crippen molar-refractivity contribution in [3.05, 3.63) is 35.6 Å². The summed E-state index contributed by atoms with van der Waals surface area (Å²) in [5.74, 6) is -0.142. The van der Waals surface area contributed by atoms with E-state index in [4.69, 9.17) is 4.42 Å². The van der Waals surface area contributed by atoms with E-state index in [9.17, 15) is 9.90 Å². The molecule has 1 aromatic carbocycles. The summed E-state index contributed by atoms with van der Waals surface area (Å²) in [6, 6.07) is 5.59. The van der Waals surface area contributed by atoms with Gasteiger partial charge >= 0.3 is 0 Å². The molecule has 21 heavy (non-hydrogen) atoms. The van der Waals surface area contributed by atoms with Crippen LogP contribution in [0.2, 0.25) is 0 Å². The monoisotopic (exact) mass is 289 g/mol. The summed E-state index contributed by atoms with van der Waals surface area (Å²) >= 11 is 0. The Morgan fingerprint density at radius 1 is 1.43 bits per heavy atom. The van der Waals surface area contributed by atoms with Crippen LogP contribution in [0.15, 0.2) is 28.9 Å². The van der Waals surface area contributed by atoms with Gasteiger partial charge in [-0.15, -0.1) is 0 Å². The fraction of sp³-hybridized carbons (Fsp3) is 0.471. The van der Waals surface area contributed by atoms with Gasteiger partial charge in [-0.3, -0.25) is 4.79 Å². The van der Waals surface area contributed by atoms with Gasteiger partial charge in [0.05, 0.1) is 17.2 Å². The fourth-order valence-corrected chi connectivity index (χ4v) is 2.30. The third-order valence-corrected chi connectivity index (χ3v) is 4.20. The lowest BCUT2D eigenvalue weighted by Gasteiger charge is -2.33. The van der Waals surface area contributed by atoms with E-state index in [1.807, 2.05) is 25.1 Å². The molecule has 0 fully saturated rings. The van der Waals surface area contributed by atoms with Crippen LogP contribution in [0.4, 0.5) is 0 Å². The second kappa shape index (κ2) is 5.53. The molecule has 2 rings (SSSR count). The molecule has 0 saturated heterocycles. The molecule has 1 heterocycles. The van der Waals surface area contributed by atoms with Crippen LogP contribution in [0.5, 0.6) is 0 Å². The Labute approximate surface area is 125 Å². The van der Waals surface area contributed by atoms with Crippen LogP contribution in [0, 0.1) is 0 Å². The number of aryl methyl sites for hydroxylation is 1. The summed E-state index contributed by atoms with van der Waals surface area (Å²) in [5.41, 5.74) is 1.45. The topological polar surface area (TPSA) is 53.7 Å². The maximum atomic E-state index is 12.7. The summed E-state index contributed by atoms with van der Waals surface area (Å²) in [5, 5.41) is 10.9. The molecule has 1 amide bonds. The Balaban J connectivity index is 2.39. The molecule has 0 saturated carbocycles. The molecule has 4 nitrogen and oxygen atoms in total. The highest BCUT2D eigenvalue weighted by Crippen LogP contribution is 2.25. The van der Waals surface area contributed by atoms with Crippen molar-refractivity contribution in [3.63, 3.8) is 0 Å². The first kappa shape index (κ1) is 15.6. The Morgan fingerprint density at radius 3 is 2.67 bits per heavy atom. The minimum absolute atomic E-state index is 0.142. The molecule has 1 aromatic heterocycles. The van der Waals surface area contributed by atoms with Crippen molar-refractivity contribution >= 4 is 16.9 Å². The van der Waals surface area contributed by atoms with E-state index in [0.29, 0.717) is 11.1 Å².